The first-order chi connectivity index (χ1) is 18.1. The van der Waals surface area contributed by atoms with Crippen LogP contribution < -0.4 is 9.47 Å². The molecule has 2 aliphatic heterocycles. The van der Waals surface area contributed by atoms with E-state index in [0.29, 0.717) is 11.5 Å². The Morgan fingerprint density at radius 1 is 0.919 bits per heavy atom. The molecule has 0 aliphatic carbocycles. The molecule has 5 nitrogen and oxygen atoms in total. The molecule has 0 atom stereocenters. The van der Waals surface area contributed by atoms with Gasteiger partial charge in [-0.25, -0.2) is 4.98 Å². The van der Waals surface area contributed by atoms with E-state index in [9.17, 15) is 0 Å². The van der Waals surface area contributed by atoms with Crippen molar-refractivity contribution in [2.24, 2.45) is 0 Å². The summed E-state index contributed by atoms with van der Waals surface area (Å²) in [5, 5.41) is 1.97. The molecule has 192 valence electrons. The van der Waals surface area contributed by atoms with Crippen LogP contribution in [0.4, 0.5) is 0 Å². The fourth-order valence-corrected chi connectivity index (χ4v) is 7.30. The number of ether oxygens (including phenoxy) is 2. The molecule has 37 heavy (non-hydrogen) atoms. The van der Waals surface area contributed by atoms with Gasteiger partial charge in [0.1, 0.15) is 4.83 Å². The van der Waals surface area contributed by atoms with Gasteiger partial charge < -0.3 is 9.47 Å². The van der Waals surface area contributed by atoms with E-state index in [0.717, 1.165) is 72.4 Å². The summed E-state index contributed by atoms with van der Waals surface area (Å²) in [5.74, 6) is 1.43. The van der Waals surface area contributed by atoms with Crippen molar-refractivity contribution in [3.05, 3.63) is 75.3 Å². The Morgan fingerprint density at radius 3 is 2.46 bits per heavy atom. The summed E-state index contributed by atoms with van der Waals surface area (Å²) in [7, 11) is 3.34. The van der Waals surface area contributed by atoms with Crippen LogP contribution in [0.15, 0.2) is 48.5 Å². The highest BCUT2D eigenvalue weighted by Gasteiger charge is 2.27. The second-order valence-electron chi connectivity index (χ2n) is 9.93. The molecule has 0 bridgehead atoms. The highest BCUT2D eigenvalue weighted by atomic mass is 35.5. The van der Waals surface area contributed by atoms with E-state index in [1.165, 1.54) is 34.2 Å². The molecule has 0 amide bonds. The molecular weight excluding hydrogens is 502 g/mol. The van der Waals surface area contributed by atoms with Crippen molar-refractivity contribution in [1.29, 1.82) is 0 Å². The van der Waals surface area contributed by atoms with E-state index in [1.54, 1.807) is 14.2 Å². The van der Waals surface area contributed by atoms with Crippen molar-refractivity contribution in [3.63, 3.8) is 0 Å². The first-order valence-electron chi connectivity index (χ1n) is 13.0. The molecule has 0 N–H and O–H groups in total. The Bertz CT molecular complexity index is 1420. The lowest BCUT2D eigenvalue weighted by molar-refractivity contribution is 0.249. The summed E-state index contributed by atoms with van der Waals surface area (Å²) in [6.45, 7) is 5.93. The Labute approximate surface area is 227 Å². The van der Waals surface area contributed by atoms with Gasteiger partial charge in [-0.15, -0.1) is 11.3 Å². The van der Waals surface area contributed by atoms with Crippen LogP contribution >= 0.6 is 22.9 Å². The summed E-state index contributed by atoms with van der Waals surface area (Å²) < 4.78 is 11.2. The standard InChI is InChI=1S/C30H32ClN3O2S/c1-35-24-11-10-21(16-25(24)36-2)27-28-22-12-15-34(17-20-8-4-3-5-9-20)19-26(22)37-30(28)32-23(29(27)31)18-33-13-6-7-14-33/h3-5,8-11,16H,6-7,12-15,17-19H2,1-2H3. The van der Waals surface area contributed by atoms with Gasteiger partial charge in [-0.05, 0) is 61.2 Å². The molecule has 4 aromatic rings. The Hall–Kier alpha value is -2.64. The zero-order valence-electron chi connectivity index (χ0n) is 21.4. The minimum Gasteiger partial charge on any atom is -0.493 e. The number of methoxy groups -OCH3 is 2. The topological polar surface area (TPSA) is 37.8 Å². The normalized spacial score (nSPS) is 16.3. The van der Waals surface area contributed by atoms with E-state index >= 15 is 0 Å². The van der Waals surface area contributed by atoms with Crippen LogP contribution in [0.3, 0.4) is 0 Å². The number of rotatable bonds is 7. The number of aromatic nitrogens is 1. The lowest BCUT2D eigenvalue weighted by Crippen LogP contribution is -2.29. The third-order valence-corrected chi connectivity index (χ3v) is 9.09. The third-order valence-electron chi connectivity index (χ3n) is 7.57. The monoisotopic (exact) mass is 533 g/mol. The molecule has 2 aromatic carbocycles. The first-order valence-corrected chi connectivity index (χ1v) is 14.2. The number of fused-ring (bicyclic) bond motifs is 3. The number of nitrogens with zero attached hydrogens (tertiary/aromatic N) is 3. The highest BCUT2D eigenvalue weighted by molar-refractivity contribution is 7.19. The molecule has 2 aliphatic rings. The number of hydrogen-bond donors (Lipinski definition) is 0. The molecule has 2 aromatic heterocycles. The van der Waals surface area contributed by atoms with Crippen LogP contribution in [-0.2, 0) is 26.1 Å². The Kier molecular flexibility index (Phi) is 7.08. The molecule has 6 rings (SSSR count). The minimum absolute atomic E-state index is 0.709. The summed E-state index contributed by atoms with van der Waals surface area (Å²) in [5.41, 5.74) is 5.85. The number of likely N-dealkylation sites (tertiary alicyclic amines) is 1. The third kappa shape index (κ3) is 4.84. The fourth-order valence-electron chi connectivity index (χ4n) is 5.70. The second-order valence-corrected chi connectivity index (χ2v) is 11.4. The van der Waals surface area contributed by atoms with Gasteiger partial charge in [-0.3, -0.25) is 9.80 Å². The lowest BCUT2D eigenvalue weighted by Gasteiger charge is -2.27. The summed E-state index contributed by atoms with van der Waals surface area (Å²) in [4.78, 5) is 12.7. The maximum absolute atomic E-state index is 7.24. The van der Waals surface area contributed by atoms with Gasteiger partial charge in [-0.1, -0.05) is 48.0 Å². The van der Waals surface area contributed by atoms with Crippen LogP contribution in [0.1, 0.15) is 34.5 Å². The molecule has 1 fully saturated rings. The van der Waals surface area contributed by atoms with E-state index in [1.807, 2.05) is 23.5 Å². The van der Waals surface area contributed by atoms with Crippen molar-refractivity contribution in [2.75, 3.05) is 33.9 Å². The van der Waals surface area contributed by atoms with Gasteiger partial charge in [0.15, 0.2) is 11.5 Å². The molecule has 7 heteroatoms. The second kappa shape index (κ2) is 10.6. The molecule has 4 heterocycles. The minimum atomic E-state index is 0.709. The summed E-state index contributed by atoms with van der Waals surface area (Å²) in [6, 6.07) is 16.8. The van der Waals surface area contributed by atoms with E-state index < -0.39 is 0 Å². The maximum Gasteiger partial charge on any atom is 0.161 e. The van der Waals surface area contributed by atoms with Crippen LogP contribution in [-0.4, -0.2) is 48.6 Å². The lowest BCUT2D eigenvalue weighted by atomic mass is 9.95. The molecule has 0 radical (unpaired) electrons. The van der Waals surface area contributed by atoms with Gasteiger partial charge in [0.25, 0.3) is 0 Å². The van der Waals surface area contributed by atoms with Crippen molar-refractivity contribution >= 4 is 33.2 Å². The number of halogens is 1. The van der Waals surface area contributed by atoms with Crippen molar-refractivity contribution in [3.8, 4) is 22.6 Å². The van der Waals surface area contributed by atoms with Crippen LogP contribution in [0.2, 0.25) is 5.02 Å². The van der Waals surface area contributed by atoms with Crippen molar-refractivity contribution in [2.45, 2.75) is 38.9 Å². The fraction of sp³-hybridized carbons (Fsp3) is 0.367. The average molecular weight is 534 g/mol. The molecule has 0 saturated carbocycles. The van der Waals surface area contributed by atoms with Gasteiger partial charge in [0.05, 0.1) is 24.9 Å². The number of thiophene rings is 1. The van der Waals surface area contributed by atoms with Crippen molar-refractivity contribution in [1.82, 2.24) is 14.8 Å². The predicted molar refractivity (Wildman–Crippen MR) is 152 cm³/mol. The molecule has 1 saturated heterocycles. The van der Waals surface area contributed by atoms with E-state index in [4.69, 9.17) is 26.1 Å². The maximum atomic E-state index is 7.24. The molecular formula is C30H32ClN3O2S. The zero-order valence-corrected chi connectivity index (χ0v) is 23.0. The first kappa shape index (κ1) is 24.7. The summed E-state index contributed by atoms with van der Waals surface area (Å²) in [6.07, 6.45) is 3.48. The SMILES string of the molecule is COc1ccc(-c2c(Cl)c(CN3CCCC3)nc3sc4c(c23)CCN(Cc2ccccc2)C4)cc1OC. The number of benzene rings is 2. The van der Waals surface area contributed by atoms with Gasteiger partial charge in [0, 0.05) is 42.0 Å². The van der Waals surface area contributed by atoms with Crippen LogP contribution in [0.25, 0.3) is 21.3 Å². The van der Waals surface area contributed by atoms with Crippen LogP contribution in [0.5, 0.6) is 11.5 Å². The predicted octanol–water partition coefficient (Wildman–Crippen LogP) is 6.79. The number of hydrogen-bond acceptors (Lipinski definition) is 6. The van der Waals surface area contributed by atoms with Crippen molar-refractivity contribution < 1.29 is 9.47 Å². The highest BCUT2D eigenvalue weighted by Crippen LogP contribution is 2.46. The van der Waals surface area contributed by atoms with Gasteiger partial charge in [-0.2, -0.15) is 0 Å². The van der Waals surface area contributed by atoms with E-state index in [2.05, 4.69) is 46.2 Å². The summed E-state index contributed by atoms with van der Waals surface area (Å²) >= 11 is 9.07. The number of pyridine rings is 1. The molecule has 0 unspecified atom stereocenters. The smallest absolute Gasteiger partial charge is 0.161 e. The quantitative estimate of drug-likeness (QED) is 0.261. The zero-order chi connectivity index (χ0) is 25.4. The van der Waals surface area contributed by atoms with E-state index in [-0.39, 0.29) is 0 Å². The molecule has 0 spiro atoms. The Morgan fingerprint density at radius 2 is 1.70 bits per heavy atom. The van der Waals surface area contributed by atoms with Gasteiger partial charge in [0.2, 0.25) is 0 Å². The van der Waals surface area contributed by atoms with Gasteiger partial charge >= 0.3 is 0 Å². The Balaban J connectivity index is 1.45. The largest absolute Gasteiger partial charge is 0.493 e. The average Bonchev–Trinajstić information content (AvgIpc) is 3.56. The van der Waals surface area contributed by atoms with Crippen LogP contribution in [0, 0.1) is 0 Å².